The van der Waals surface area contributed by atoms with Crippen LogP contribution in [0.25, 0.3) is 0 Å². The standard InChI is InChI=1S/C27H35NO10S/c1-12(30)28-16-7-5-13-9-18(37-27-24(34)23(33)22(32)19(11-29)38-27)25(35-2)26(36-3)21(13)14-6-8-20(39-4)17(31)10-15(14)16/h6,8-10,16,18-20,22-24,27,29,32-34H,5,7,11H2,1-4H3,(H,28,30)/t16?,18?,19-,20?,22-,23+,24-,27-/m1/s1. The third-order valence-corrected chi connectivity index (χ3v) is 8.14. The zero-order valence-electron chi connectivity index (χ0n) is 22.2. The molecule has 1 amide bonds. The molecular weight excluding hydrogens is 530 g/mol. The first-order chi connectivity index (χ1) is 18.6. The lowest BCUT2D eigenvalue weighted by molar-refractivity contribution is -0.306. The highest BCUT2D eigenvalue weighted by Crippen LogP contribution is 2.44. The molecule has 4 aliphatic rings. The molecule has 0 aromatic carbocycles. The van der Waals surface area contributed by atoms with Crippen LogP contribution in [0, 0.1) is 0 Å². The summed E-state index contributed by atoms with van der Waals surface area (Å²) in [5.41, 5.74) is 2.86. The van der Waals surface area contributed by atoms with Crippen molar-refractivity contribution in [2.45, 2.75) is 67.9 Å². The monoisotopic (exact) mass is 565 g/mol. The van der Waals surface area contributed by atoms with Crippen molar-refractivity contribution in [3.63, 3.8) is 0 Å². The second-order valence-electron chi connectivity index (χ2n) is 9.65. The second kappa shape index (κ2) is 12.4. The molecular formula is C27H35NO10S. The van der Waals surface area contributed by atoms with Gasteiger partial charge in [-0.1, -0.05) is 12.2 Å². The number of fused-ring (bicyclic) bond motifs is 2. The van der Waals surface area contributed by atoms with Crippen LogP contribution in [0.1, 0.15) is 19.8 Å². The SMILES string of the molecule is COC1=C(OC)C(O[C@@H]2O[C@H](CO)[C@@H](O)[C@H](O)[C@H]2O)C=C2CCC(NC(C)=O)C3=CC(=O)C(SC)C=CC3=C21. The Balaban J connectivity index is 1.82. The number of aliphatic hydroxyl groups excluding tert-OH is 4. The molecule has 3 aliphatic carbocycles. The minimum absolute atomic E-state index is 0.0818. The molecule has 1 heterocycles. The molecule has 11 nitrogen and oxygen atoms in total. The molecule has 0 radical (unpaired) electrons. The number of hydrogen-bond acceptors (Lipinski definition) is 11. The van der Waals surface area contributed by atoms with Crippen LogP contribution in [0.5, 0.6) is 0 Å². The van der Waals surface area contributed by atoms with Gasteiger partial charge in [0.05, 0.1) is 32.1 Å². The van der Waals surface area contributed by atoms with E-state index in [4.69, 9.17) is 18.9 Å². The topological polar surface area (TPSA) is 164 Å². The van der Waals surface area contributed by atoms with Crippen molar-refractivity contribution in [3.8, 4) is 0 Å². The summed E-state index contributed by atoms with van der Waals surface area (Å²) in [5, 5.41) is 43.0. The highest BCUT2D eigenvalue weighted by atomic mass is 32.2. The molecule has 1 aliphatic heterocycles. The van der Waals surface area contributed by atoms with Crippen molar-refractivity contribution in [2.24, 2.45) is 0 Å². The minimum atomic E-state index is -1.60. The van der Waals surface area contributed by atoms with Crippen molar-refractivity contribution in [1.29, 1.82) is 0 Å². The normalized spacial score (nSPS) is 34.8. The first kappa shape index (κ1) is 29.5. The predicted octanol–water partition coefficient (Wildman–Crippen LogP) is 0.00790. The van der Waals surface area contributed by atoms with Gasteiger partial charge in [0.2, 0.25) is 5.91 Å². The quantitative estimate of drug-likeness (QED) is 0.282. The zero-order valence-corrected chi connectivity index (χ0v) is 23.0. The van der Waals surface area contributed by atoms with Gasteiger partial charge in [-0.25, -0.2) is 0 Å². The van der Waals surface area contributed by atoms with Gasteiger partial charge >= 0.3 is 0 Å². The summed E-state index contributed by atoms with van der Waals surface area (Å²) in [5.74, 6) is 0.286. The maximum atomic E-state index is 13.0. The van der Waals surface area contributed by atoms with E-state index in [1.165, 1.54) is 32.9 Å². The van der Waals surface area contributed by atoms with Crippen molar-refractivity contribution in [3.05, 3.63) is 58.1 Å². The van der Waals surface area contributed by atoms with Crippen LogP contribution in [0.4, 0.5) is 0 Å². The van der Waals surface area contributed by atoms with Gasteiger partial charge in [0.1, 0.15) is 30.5 Å². The fourth-order valence-electron chi connectivity index (χ4n) is 5.33. The molecule has 0 aromatic rings. The van der Waals surface area contributed by atoms with E-state index in [0.717, 1.165) is 5.57 Å². The maximum Gasteiger partial charge on any atom is 0.217 e. The lowest BCUT2D eigenvalue weighted by Crippen LogP contribution is -2.59. The largest absolute Gasteiger partial charge is 0.494 e. The van der Waals surface area contributed by atoms with Gasteiger partial charge in [-0.15, -0.1) is 11.8 Å². The summed E-state index contributed by atoms with van der Waals surface area (Å²) in [6, 6.07) is -0.431. The molecule has 5 N–H and O–H groups in total. The molecule has 3 unspecified atom stereocenters. The number of ether oxygens (including phenoxy) is 4. The van der Waals surface area contributed by atoms with E-state index in [-0.39, 0.29) is 22.7 Å². The first-order valence-corrected chi connectivity index (χ1v) is 13.9. The number of carbonyl (C=O) groups excluding carboxylic acids is 2. The summed E-state index contributed by atoms with van der Waals surface area (Å²) in [7, 11) is 2.91. The van der Waals surface area contributed by atoms with Crippen LogP contribution in [0.3, 0.4) is 0 Å². The average Bonchev–Trinajstić information content (AvgIpc) is 3.16. The molecule has 0 spiro atoms. The van der Waals surface area contributed by atoms with Crippen molar-refractivity contribution in [2.75, 3.05) is 27.1 Å². The Morgan fingerprint density at radius 2 is 1.92 bits per heavy atom. The zero-order chi connectivity index (χ0) is 28.4. The van der Waals surface area contributed by atoms with E-state index in [1.54, 1.807) is 12.2 Å². The number of ketones is 1. The lowest BCUT2D eigenvalue weighted by atomic mass is 9.88. The van der Waals surface area contributed by atoms with E-state index >= 15 is 0 Å². The van der Waals surface area contributed by atoms with Crippen molar-refractivity contribution < 1.29 is 49.0 Å². The van der Waals surface area contributed by atoms with Gasteiger partial charge < -0.3 is 44.7 Å². The van der Waals surface area contributed by atoms with Crippen molar-refractivity contribution in [1.82, 2.24) is 5.32 Å². The van der Waals surface area contributed by atoms with E-state index in [1.807, 2.05) is 18.4 Å². The molecule has 12 heteroatoms. The van der Waals surface area contributed by atoms with Gasteiger partial charge in [-0.3, -0.25) is 9.59 Å². The van der Waals surface area contributed by atoms with Gasteiger partial charge in [0.15, 0.2) is 23.6 Å². The number of aliphatic hydroxyl groups is 4. The van der Waals surface area contributed by atoms with Gasteiger partial charge in [-0.2, -0.15) is 0 Å². The van der Waals surface area contributed by atoms with E-state index in [2.05, 4.69) is 5.32 Å². The fraction of sp³-hybridized carbons (Fsp3) is 0.556. The van der Waals surface area contributed by atoms with Gasteiger partial charge in [0.25, 0.3) is 0 Å². The summed E-state index contributed by atoms with van der Waals surface area (Å²) >= 11 is 1.41. The number of amides is 1. The molecule has 214 valence electrons. The molecule has 1 fully saturated rings. The minimum Gasteiger partial charge on any atom is -0.494 e. The number of thioether (sulfide) groups is 1. The van der Waals surface area contributed by atoms with Crippen LogP contribution in [0.15, 0.2) is 58.1 Å². The summed E-state index contributed by atoms with van der Waals surface area (Å²) in [6.07, 6.45) is 1.69. The molecule has 4 rings (SSSR count). The Morgan fingerprint density at radius 1 is 1.18 bits per heavy atom. The number of nitrogens with one attached hydrogen (secondary N) is 1. The average molecular weight is 566 g/mol. The Labute approximate surface area is 230 Å². The summed E-state index contributed by atoms with van der Waals surface area (Å²) < 4.78 is 23.1. The van der Waals surface area contributed by atoms with Gasteiger partial charge in [0, 0.05) is 12.5 Å². The van der Waals surface area contributed by atoms with E-state index < -0.39 is 49.5 Å². The fourth-order valence-corrected chi connectivity index (χ4v) is 5.87. The van der Waals surface area contributed by atoms with Crippen LogP contribution >= 0.6 is 11.8 Å². The number of hydrogen-bond donors (Lipinski definition) is 5. The number of carbonyl (C=O) groups is 2. The Morgan fingerprint density at radius 3 is 2.54 bits per heavy atom. The highest BCUT2D eigenvalue weighted by Gasteiger charge is 2.46. The Kier molecular flexibility index (Phi) is 9.37. The number of methoxy groups -OCH3 is 2. The third-order valence-electron chi connectivity index (χ3n) is 7.24. The lowest BCUT2D eigenvalue weighted by Gasteiger charge is -2.41. The highest BCUT2D eigenvalue weighted by molar-refractivity contribution is 8.00. The summed E-state index contributed by atoms with van der Waals surface area (Å²) in [4.78, 5) is 25.1. The first-order valence-electron chi connectivity index (χ1n) is 12.6. The molecule has 0 bridgehead atoms. The maximum absolute atomic E-state index is 13.0. The Hall–Kier alpha value is -2.45. The number of allylic oxidation sites excluding steroid dienone is 3. The smallest absolute Gasteiger partial charge is 0.217 e. The van der Waals surface area contributed by atoms with Crippen LogP contribution in [-0.2, 0) is 28.5 Å². The van der Waals surface area contributed by atoms with Crippen molar-refractivity contribution >= 4 is 23.5 Å². The molecule has 0 aromatic heterocycles. The molecule has 1 saturated heterocycles. The predicted molar refractivity (Wildman–Crippen MR) is 141 cm³/mol. The molecule has 0 saturated carbocycles. The third kappa shape index (κ3) is 5.73. The van der Waals surface area contributed by atoms with Crippen LogP contribution in [-0.4, -0.2) is 107 Å². The van der Waals surface area contributed by atoms with Gasteiger partial charge in [-0.05, 0) is 48.0 Å². The van der Waals surface area contributed by atoms with E-state index in [0.29, 0.717) is 35.3 Å². The Bertz CT molecular complexity index is 1140. The van der Waals surface area contributed by atoms with E-state index in [9.17, 15) is 30.0 Å². The number of rotatable bonds is 7. The molecule has 39 heavy (non-hydrogen) atoms. The van der Waals surface area contributed by atoms with Crippen LogP contribution < -0.4 is 5.32 Å². The second-order valence-corrected chi connectivity index (χ2v) is 10.6. The summed E-state index contributed by atoms with van der Waals surface area (Å²) in [6.45, 7) is 0.836. The molecule has 8 atom stereocenters. The van der Waals surface area contributed by atoms with Crippen LogP contribution in [0.2, 0.25) is 0 Å².